The predicted molar refractivity (Wildman–Crippen MR) is 65.8 cm³/mol. The SMILES string of the molecule is O=C(c1ccoc1Br)N1CCOC(CBr)C1. The number of carbonyl (C=O) groups is 1. The van der Waals surface area contributed by atoms with Crippen molar-refractivity contribution in [1.29, 1.82) is 0 Å². The summed E-state index contributed by atoms with van der Waals surface area (Å²) in [7, 11) is 0. The lowest BCUT2D eigenvalue weighted by atomic mass is 10.2. The highest BCUT2D eigenvalue weighted by molar-refractivity contribution is 9.10. The van der Waals surface area contributed by atoms with E-state index in [2.05, 4.69) is 31.9 Å². The Labute approximate surface area is 110 Å². The van der Waals surface area contributed by atoms with Gasteiger partial charge >= 0.3 is 0 Å². The van der Waals surface area contributed by atoms with Crippen LogP contribution < -0.4 is 0 Å². The zero-order valence-corrected chi connectivity index (χ0v) is 11.7. The number of hydrogen-bond acceptors (Lipinski definition) is 3. The number of morpholine rings is 1. The van der Waals surface area contributed by atoms with Crippen LogP contribution in [-0.2, 0) is 4.74 Å². The molecule has 1 amide bonds. The summed E-state index contributed by atoms with van der Waals surface area (Å²) in [5.41, 5.74) is 0.565. The van der Waals surface area contributed by atoms with Gasteiger partial charge in [-0.05, 0) is 22.0 Å². The van der Waals surface area contributed by atoms with E-state index in [4.69, 9.17) is 9.15 Å². The Morgan fingerprint density at radius 3 is 3.06 bits per heavy atom. The molecule has 0 spiro atoms. The van der Waals surface area contributed by atoms with E-state index in [0.717, 1.165) is 5.33 Å². The quantitative estimate of drug-likeness (QED) is 0.767. The maximum Gasteiger partial charge on any atom is 0.258 e. The van der Waals surface area contributed by atoms with Gasteiger partial charge in [0.2, 0.25) is 0 Å². The van der Waals surface area contributed by atoms with Crippen molar-refractivity contribution in [3.05, 3.63) is 22.6 Å². The zero-order valence-electron chi connectivity index (χ0n) is 8.49. The van der Waals surface area contributed by atoms with Crippen molar-refractivity contribution in [2.24, 2.45) is 0 Å². The predicted octanol–water partition coefficient (Wildman–Crippen LogP) is 2.28. The summed E-state index contributed by atoms with van der Waals surface area (Å²) in [6.45, 7) is 1.82. The van der Waals surface area contributed by atoms with Crippen LogP contribution in [0.3, 0.4) is 0 Å². The van der Waals surface area contributed by atoms with Crippen molar-refractivity contribution in [3.8, 4) is 0 Å². The molecule has 88 valence electrons. The highest BCUT2D eigenvalue weighted by atomic mass is 79.9. The van der Waals surface area contributed by atoms with E-state index in [0.29, 0.717) is 29.9 Å². The van der Waals surface area contributed by atoms with Gasteiger partial charge in [0.05, 0.1) is 24.5 Å². The molecule has 2 heterocycles. The first kappa shape index (κ1) is 12.1. The minimum Gasteiger partial charge on any atom is -0.457 e. The van der Waals surface area contributed by atoms with Crippen LogP contribution in [0.4, 0.5) is 0 Å². The van der Waals surface area contributed by atoms with Crippen molar-refractivity contribution >= 4 is 37.8 Å². The molecule has 1 fully saturated rings. The minimum absolute atomic E-state index is 0.0186. The Kier molecular flexibility index (Phi) is 4.05. The number of nitrogens with zero attached hydrogens (tertiary/aromatic N) is 1. The van der Waals surface area contributed by atoms with E-state index in [-0.39, 0.29) is 12.0 Å². The van der Waals surface area contributed by atoms with Crippen molar-refractivity contribution in [2.75, 3.05) is 25.0 Å². The molecule has 16 heavy (non-hydrogen) atoms. The number of halogens is 2. The van der Waals surface area contributed by atoms with E-state index >= 15 is 0 Å². The third kappa shape index (κ3) is 2.49. The Morgan fingerprint density at radius 2 is 2.44 bits per heavy atom. The number of alkyl halides is 1. The van der Waals surface area contributed by atoms with Gasteiger partial charge in [0.15, 0.2) is 4.67 Å². The van der Waals surface area contributed by atoms with Gasteiger partial charge in [0, 0.05) is 18.4 Å². The molecule has 4 nitrogen and oxygen atoms in total. The average Bonchev–Trinajstić information content (AvgIpc) is 2.74. The lowest BCUT2D eigenvalue weighted by molar-refractivity contribution is -0.00972. The highest BCUT2D eigenvalue weighted by Crippen LogP contribution is 2.20. The van der Waals surface area contributed by atoms with Gasteiger partial charge in [0.25, 0.3) is 5.91 Å². The molecule has 0 saturated carbocycles. The first-order valence-corrected chi connectivity index (χ1v) is 6.83. The fourth-order valence-corrected chi connectivity index (χ4v) is 2.42. The Hall–Kier alpha value is -0.330. The monoisotopic (exact) mass is 351 g/mol. The van der Waals surface area contributed by atoms with Crippen LogP contribution in [0.15, 0.2) is 21.4 Å². The van der Waals surface area contributed by atoms with Gasteiger partial charge in [-0.25, -0.2) is 0 Å². The number of amides is 1. The van der Waals surface area contributed by atoms with Crippen LogP contribution in [0.25, 0.3) is 0 Å². The van der Waals surface area contributed by atoms with E-state index in [1.165, 1.54) is 6.26 Å². The summed E-state index contributed by atoms with van der Waals surface area (Å²) < 4.78 is 11.0. The molecule has 0 aliphatic carbocycles. The summed E-state index contributed by atoms with van der Waals surface area (Å²) in [6, 6.07) is 1.67. The molecular weight excluding hydrogens is 342 g/mol. The second-order valence-corrected chi connectivity index (χ2v) is 4.87. The van der Waals surface area contributed by atoms with Gasteiger partial charge in [0.1, 0.15) is 0 Å². The summed E-state index contributed by atoms with van der Waals surface area (Å²) in [5.74, 6) is -0.0186. The maximum atomic E-state index is 12.1. The van der Waals surface area contributed by atoms with Crippen LogP contribution in [-0.4, -0.2) is 41.9 Å². The Bertz CT molecular complexity index is 380. The second kappa shape index (κ2) is 5.33. The Morgan fingerprint density at radius 1 is 1.62 bits per heavy atom. The number of furan rings is 1. The average molecular weight is 353 g/mol. The van der Waals surface area contributed by atoms with Gasteiger partial charge in [-0.3, -0.25) is 4.79 Å². The maximum absolute atomic E-state index is 12.1. The van der Waals surface area contributed by atoms with Crippen molar-refractivity contribution in [1.82, 2.24) is 4.90 Å². The van der Waals surface area contributed by atoms with E-state index in [1.54, 1.807) is 11.0 Å². The van der Waals surface area contributed by atoms with Crippen LogP contribution >= 0.6 is 31.9 Å². The second-order valence-electron chi connectivity index (χ2n) is 3.51. The molecule has 1 atom stereocenters. The van der Waals surface area contributed by atoms with Crippen LogP contribution in [0.5, 0.6) is 0 Å². The fourth-order valence-electron chi connectivity index (χ4n) is 1.61. The number of ether oxygens (including phenoxy) is 1. The van der Waals surface area contributed by atoms with Crippen LogP contribution in [0, 0.1) is 0 Å². The topological polar surface area (TPSA) is 42.7 Å². The van der Waals surface area contributed by atoms with Crippen molar-refractivity contribution < 1.29 is 13.9 Å². The molecular formula is C10H11Br2NO3. The molecule has 1 unspecified atom stereocenters. The Balaban J connectivity index is 2.07. The van der Waals surface area contributed by atoms with Gasteiger partial charge < -0.3 is 14.1 Å². The summed E-state index contributed by atoms with van der Waals surface area (Å²) in [5, 5.41) is 0.739. The number of rotatable bonds is 2. The lowest BCUT2D eigenvalue weighted by Crippen LogP contribution is -2.46. The molecule has 1 aromatic heterocycles. The molecule has 2 rings (SSSR count). The number of hydrogen-bond donors (Lipinski definition) is 0. The minimum atomic E-state index is -0.0186. The van der Waals surface area contributed by atoms with E-state index in [9.17, 15) is 4.79 Å². The molecule has 0 aromatic carbocycles. The standard InChI is InChI=1S/C10H11Br2NO3/c11-5-7-6-13(2-4-15-7)10(14)8-1-3-16-9(8)12/h1,3,7H,2,4-6H2. The molecule has 1 aliphatic heterocycles. The van der Waals surface area contributed by atoms with E-state index in [1.807, 2.05) is 0 Å². The third-order valence-electron chi connectivity index (χ3n) is 2.45. The highest BCUT2D eigenvalue weighted by Gasteiger charge is 2.26. The summed E-state index contributed by atoms with van der Waals surface area (Å²) in [6.07, 6.45) is 1.57. The summed E-state index contributed by atoms with van der Waals surface area (Å²) in [4.78, 5) is 13.9. The van der Waals surface area contributed by atoms with Crippen molar-refractivity contribution in [2.45, 2.75) is 6.10 Å². The normalized spacial score (nSPS) is 21.1. The molecule has 1 aromatic rings. The first-order valence-electron chi connectivity index (χ1n) is 4.92. The smallest absolute Gasteiger partial charge is 0.258 e. The van der Waals surface area contributed by atoms with E-state index < -0.39 is 0 Å². The summed E-state index contributed by atoms with van der Waals surface area (Å²) >= 11 is 6.57. The molecule has 1 aliphatic rings. The first-order chi connectivity index (χ1) is 7.72. The van der Waals surface area contributed by atoms with Gasteiger partial charge in [-0.2, -0.15) is 0 Å². The fraction of sp³-hybridized carbons (Fsp3) is 0.500. The molecule has 0 bridgehead atoms. The molecule has 6 heteroatoms. The van der Waals surface area contributed by atoms with Gasteiger partial charge in [-0.1, -0.05) is 15.9 Å². The zero-order chi connectivity index (χ0) is 11.5. The lowest BCUT2D eigenvalue weighted by Gasteiger charge is -2.31. The third-order valence-corrected chi connectivity index (χ3v) is 3.78. The van der Waals surface area contributed by atoms with Crippen molar-refractivity contribution in [3.63, 3.8) is 0 Å². The van der Waals surface area contributed by atoms with Crippen LogP contribution in [0.1, 0.15) is 10.4 Å². The molecule has 0 N–H and O–H groups in total. The molecule has 0 radical (unpaired) electrons. The van der Waals surface area contributed by atoms with Gasteiger partial charge in [-0.15, -0.1) is 0 Å². The largest absolute Gasteiger partial charge is 0.457 e. The number of carbonyl (C=O) groups excluding carboxylic acids is 1. The molecule has 1 saturated heterocycles. The van der Waals surface area contributed by atoms with Crippen LogP contribution in [0.2, 0.25) is 0 Å².